The van der Waals surface area contributed by atoms with Crippen LogP contribution in [0.15, 0.2) is 60.6 Å². The summed E-state index contributed by atoms with van der Waals surface area (Å²) < 4.78 is 27.7. The molecule has 0 spiro atoms. The van der Waals surface area contributed by atoms with Gasteiger partial charge >= 0.3 is 17.9 Å². The van der Waals surface area contributed by atoms with Crippen molar-refractivity contribution < 1.29 is 38.1 Å². The van der Waals surface area contributed by atoms with E-state index in [0.717, 1.165) is 63.5 Å². The molecule has 0 bridgehead atoms. The van der Waals surface area contributed by atoms with E-state index in [1.54, 1.807) is 0 Å². The Kier molecular flexibility index (Phi) is 15.9. The van der Waals surface area contributed by atoms with Crippen LogP contribution in [0.4, 0.5) is 0 Å². The third kappa shape index (κ3) is 13.1. The van der Waals surface area contributed by atoms with Crippen molar-refractivity contribution in [1.82, 2.24) is 0 Å². The Balaban J connectivity index is 1.29. The number of allylic oxidation sites excluding steroid dienone is 1. The van der Waals surface area contributed by atoms with Gasteiger partial charge in [-0.3, -0.25) is 4.79 Å². The number of hydrogen-bond acceptors (Lipinski definition) is 8. The zero-order valence-corrected chi connectivity index (χ0v) is 26.2. The first-order valence-electron chi connectivity index (χ1n) is 15.7. The number of ether oxygens (including phenoxy) is 5. The lowest BCUT2D eigenvalue weighted by molar-refractivity contribution is -0.161. The summed E-state index contributed by atoms with van der Waals surface area (Å²) in [6, 6.07) is 0. The van der Waals surface area contributed by atoms with Crippen LogP contribution in [0, 0.1) is 53.5 Å². The third-order valence-corrected chi connectivity index (χ3v) is 8.16. The van der Waals surface area contributed by atoms with E-state index in [1.807, 2.05) is 0 Å². The Bertz CT molecular complexity index is 1450. The molecule has 3 saturated carbocycles. The zero-order valence-electron chi connectivity index (χ0n) is 26.2. The van der Waals surface area contributed by atoms with Gasteiger partial charge in [-0.05, 0) is 113 Å². The van der Waals surface area contributed by atoms with Crippen molar-refractivity contribution in [1.29, 1.82) is 0 Å². The highest BCUT2D eigenvalue weighted by Gasteiger charge is 2.32. The fraction of sp³-hybridized carbons (Fsp3) is 0.500. The molecule has 0 saturated heterocycles. The lowest BCUT2D eigenvalue weighted by Crippen LogP contribution is -2.32. The van der Waals surface area contributed by atoms with Crippen LogP contribution >= 0.6 is 0 Å². The lowest BCUT2D eigenvalue weighted by Gasteiger charge is -2.32. The van der Waals surface area contributed by atoms with Gasteiger partial charge in [0.2, 0.25) is 0 Å². The second kappa shape index (κ2) is 20.4. The molecule has 240 valence electrons. The summed E-state index contributed by atoms with van der Waals surface area (Å²) >= 11 is 0. The fourth-order valence-corrected chi connectivity index (χ4v) is 5.62. The standard InChI is InChI=1S/C38H40O8/c1-4-7-10-14-35(46-37(40)6-3)30-17-25-34(26-18-30)45-38(41)31-19-23-33(24-20-31)44-28-43-32-21-15-29(16-22-32)13-11-8-9-12-27-42-36(39)5-2/h5-6,29-34H,1-3,15-26,28H2. The summed E-state index contributed by atoms with van der Waals surface area (Å²) in [5.41, 5.74) is 10.5. The molecule has 3 aliphatic carbocycles. The molecule has 8 nitrogen and oxygen atoms in total. The van der Waals surface area contributed by atoms with Gasteiger partial charge in [0, 0.05) is 35.8 Å². The molecule has 0 aromatic rings. The van der Waals surface area contributed by atoms with E-state index >= 15 is 0 Å². The van der Waals surface area contributed by atoms with E-state index in [1.165, 1.54) is 0 Å². The molecule has 0 aliphatic heterocycles. The topological polar surface area (TPSA) is 97.4 Å². The van der Waals surface area contributed by atoms with Gasteiger partial charge in [0.05, 0.1) is 18.1 Å². The van der Waals surface area contributed by atoms with E-state index in [2.05, 4.69) is 83.1 Å². The Labute approximate surface area is 271 Å². The number of esters is 3. The van der Waals surface area contributed by atoms with Crippen molar-refractivity contribution in [3.63, 3.8) is 0 Å². The summed E-state index contributed by atoms with van der Waals surface area (Å²) in [6.45, 7) is 10.4. The lowest BCUT2D eigenvalue weighted by atomic mass is 9.85. The normalized spacial score (nSPS) is 24.7. The maximum absolute atomic E-state index is 12.9. The van der Waals surface area contributed by atoms with Crippen LogP contribution in [0.3, 0.4) is 0 Å². The van der Waals surface area contributed by atoms with Gasteiger partial charge in [-0.1, -0.05) is 24.8 Å². The zero-order chi connectivity index (χ0) is 33.0. The third-order valence-electron chi connectivity index (χ3n) is 8.16. The smallest absolute Gasteiger partial charge is 0.344 e. The van der Waals surface area contributed by atoms with Crippen molar-refractivity contribution in [2.45, 2.75) is 95.4 Å². The van der Waals surface area contributed by atoms with E-state index in [9.17, 15) is 14.4 Å². The van der Waals surface area contributed by atoms with Gasteiger partial charge in [-0.15, -0.1) is 0 Å². The van der Waals surface area contributed by atoms with Gasteiger partial charge in [0.25, 0.3) is 0 Å². The molecule has 3 fully saturated rings. The Morgan fingerprint density at radius 1 is 0.674 bits per heavy atom. The van der Waals surface area contributed by atoms with Gasteiger partial charge in [-0.2, -0.15) is 0 Å². The number of carbonyl (C=O) groups is 3. The summed E-state index contributed by atoms with van der Waals surface area (Å²) in [7, 11) is 0. The summed E-state index contributed by atoms with van der Waals surface area (Å²) in [5.74, 6) is 12.7. The van der Waals surface area contributed by atoms with Crippen LogP contribution in [0.25, 0.3) is 0 Å². The summed E-state index contributed by atoms with van der Waals surface area (Å²) in [4.78, 5) is 35.5. The Morgan fingerprint density at radius 3 is 1.89 bits per heavy atom. The molecule has 46 heavy (non-hydrogen) atoms. The van der Waals surface area contributed by atoms with Crippen LogP contribution in [0.1, 0.15) is 77.0 Å². The molecule has 0 atom stereocenters. The van der Waals surface area contributed by atoms with Crippen molar-refractivity contribution >= 4 is 17.9 Å². The van der Waals surface area contributed by atoms with Crippen molar-refractivity contribution in [2.24, 2.45) is 17.8 Å². The van der Waals surface area contributed by atoms with Crippen LogP contribution in [0.5, 0.6) is 0 Å². The fourth-order valence-electron chi connectivity index (χ4n) is 5.62. The SMILES string of the molecule is C=C=C=C=C=C(OC(=O)C=C)C1CCC(OC(=O)C2CCC(OCOC3CCC(C#CC#CC#COC(=O)C=C)CC3)CC2)CC1. The second-order valence-corrected chi connectivity index (χ2v) is 11.2. The van der Waals surface area contributed by atoms with Crippen LogP contribution in [-0.2, 0) is 38.1 Å². The van der Waals surface area contributed by atoms with E-state index in [4.69, 9.17) is 18.9 Å². The molecule has 0 amide bonds. The first-order valence-corrected chi connectivity index (χ1v) is 15.7. The van der Waals surface area contributed by atoms with E-state index in [-0.39, 0.29) is 48.8 Å². The van der Waals surface area contributed by atoms with Crippen LogP contribution in [0.2, 0.25) is 0 Å². The predicted octanol–water partition coefficient (Wildman–Crippen LogP) is 5.76. The molecule has 3 aliphatic rings. The van der Waals surface area contributed by atoms with Gasteiger partial charge in [0.1, 0.15) is 19.0 Å². The molecule has 8 heteroatoms. The van der Waals surface area contributed by atoms with E-state index in [0.29, 0.717) is 31.4 Å². The molecule has 0 radical (unpaired) electrons. The summed E-state index contributed by atoms with van der Waals surface area (Å²) in [5, 5.41) is 0. The predicted molar refractivity (Wildman–Crippen MR) is 169 cm³/mol. The second-order valence-electron chi connectivity index (χ2n) is 11.2. The number of carbonyl (C=O) groups excluding carboxylic acids is 3. The molecule has 3 rings (SSSR count). The molecular weight excluding hydrogens is 584 g/mol. The highest BCUT2D eigenvalue weighted by atomic mass is 16.7. The molecular formula is C38H40O8. The maximum Gasteiger partial charge on any atom is 0.344 e. The monoisotopic (exact) mass is 624 g/mol. The van der Waals surface area contributed by atoms with Gasteiger partial charge in [0.15, 0.2) is 5.76 Å². The van der Waals surface area contributed by atoms with Crippen LogP contribution < -0.4 is 0 Å². The van der Waals surface area contributed by atoms with Gasteiger partial charge in [-0.25, -0.2) is 9.59 Å². The van der Waals surface area contributed by atoms with Crippen LogP contribution in [-0.4, -0.2) is 43.0 Å². The van der Waals surface area contributed by atoms with Gasteiger partial charge < -0.3 is 23.7 Å². The molecule has 0 unspecified atom stereocenters. The minimum Gasteiger partial charge on any atom is -0.462 e. The molecule has 0 aromatic heterocycles. The Morgan fingerprint density at radius 2 is 1.26 bits per heavy atom. The molecule has 0 heterocycles. The van der Waals surface area contributed by atoms with E-state index < -0.39 is 11.9 Å². The Hall–Kier alpha value is -4.65. The average Bonchev–Trinajstić information content (AvgIpc) is 3.08. The largest absolute Gasteiger partial charge is 0.462 e. The first-order chi connectivity index (χ1) is 22.4. The minimum atomic E-state index is -0.619. The van der Waals surface area contributed by atoms with Crippen molar-refractivity contribution in [3.05, 3.63) is 60.6 Å². The first kappa shape index (κ1) is 35.8. The van der Waals surface area contributed by atoms with Crippen molar-refractivity contribution in [2.75, 3.05) is 6.79 Å². The highest BCUT2D eigenvalue weighted by molar-refractivity contribution is 5.82. The quantitative estimate of drug-likeness (QED) is 0.0576. The number of rotatable bonds is 10. The molecule has 0 N–H and O–H groups in total. The number of hydrogen-bond donors (Lipinski definition) is 0. The minimum absolute atomic E-state index is 0.0357. The highest BCUT2D eigenvalue weighted by Crippen LogP contribution is 2.34. The van der Waals surface area contributed by atoms with Crippen molar-refractivity contribution in [3.8, 4) is 35.7 Å². The summed E-state index contributed by atoms with van der Waals surface area (Å²) in [6.07, 6.45) is 13.9. The maximum atomic E-state index is 12.9. The average molecular weight is 625 g/mol. The molecule has 0 aromatic carbocycles.